The Bertz CT molecular complexity index is 731. The van der Waals surface area contributed by atoms with E-state index in [4.69, 9.17) is 9.15 Å². The van der Waals surface area contributed by atoms with Gasteiger partial charge in [0, 0.05) is 37.6 Å². The fourth-order valence-electron chi connectivity index (χ4n) is 3.78. The maximum absolute atomic E-state index is 12.9. The summed E-state index contributed by atoms with van der Waals surface area (Å²) in [7, 11) is 0. The molecule has 132 valence electrons. The van der Waals surface area contributed by atoms with Crippen molar-refractivity contribution in [2.45, 2.75) is 32.0 Å². The molecule has 2 aromatic heterocycles. The first kappa shape index (κ1) is 16.3. The molecule has 2 fully saturated rings. The molecular weight excluding hydrogens is 318 g/mol. The van der Waals surface area contributed by atoms with Crippen molar-refractivity contribution in [3.63, 3.8) is 0 Å². The number of pyridine rings is 1. The van der Waals surface area contributed by atoms with Crippen LogP contribution in [-0.2, 0) is 11.3 Å². The van der Waals surface area contributed by atoms with Crippen LogP contribution in [0.5, 0.6) is 0 Å². The number of ether oxygens (including phenoxy) is 1. The Hall–Kier alpha value is -2.18. The molecule has 0 saturated carbocycles. The van der Waals surface area contributed by atoms with E-state index in [1.807, 2.05) is 24.0 Å². The molecule has 2 aliphatic rings. The van der Waals surface area contributed by atoms with Crippen molar-refractivity contribution in [1.82, 2.24) is 14.8 Å². The molecule has 0 unspecified atom stereocenters. The molecule has 2 saturated heterocycles. The lowest BCUT2D eigenvalue weighted by molar-refractivity contribution is -0.0920. The molecule has 0 bridgehead atoms. The van der Waals surface area contributed by atoms with Crippen LogP contribution in [0.1, 0.15) is 28.3 Å². The maximum atomic E-state index is 12.9. The van der Waals surface area contributed by atoms with Crippen molar-refractivity contribution >= 4 is 5.91 Å². The average molecular weight is 341 g/mol. The van der Waals surface area contributed by atoms with E-state index in [1.165, 1.54) is 0 Å². The van der Waals surface area contributed by atoms with Gasteiger partial charge in [0.1, 0.15) is 11.5 Å². The van der Waals surface area contributed by atoms with Gasteiger partial charge < -0.3 is 14.1 Å². The largest absolute Gasteiger partial charge is 0.465 e. The van der Waals surface area contributed by atoms with Crippen molar-refractivity contribution in [2.24, 2.45) is 0 Å². The van der Waals surface area contributed by atoms with Crippen LogP contribution in [-0.4, -0.2) is 59.1 Å². The summed E-state index contributed by atoms with van der Waals surface area (Å²) in [6.45, 7) is 5.74. The molecule has 1 amide bonds. The van der Waals surface area contributed by atoms with Crippen molar-refractivity contribution in [3.8, 4) is 0 Å². The first-order valence-corrected chi connectivity index (χ1v) is 8.81. The number of amides is 1. The maximum Gasteiger partial charge on any atom is 0.254 e. The zero-order valence-electron chi connectivity index (χ0n) is 14.4. The monoisotopic (exact) mass is 341 g/mol. The smallest absolute Gasteiger partial charge is 0.254 e. The van der Waals surface area contributed by atoms with E-state index < -0.39 is 0 Å². The summed E-state index contributed by atoms with van der Waals surface area (Å²) in [4.78, 5) is 21.3. The van der Waals surface area contributed by atoms with Gasteiger partial charge in [0.05, 0.1) is 25.3 Å². The summed E-state index contributed by atoms with van der Waals surface area (Å²) in [5.41, 5.74) is 0.689. The number of carbonyl (C=O) groups excluding carboxylic acids is 1. The molecular formula is C19H23N3O3. The van der Waals surface area contributed by atoms with Gasteiger partial charge in [-0.15, -0.1) is 0 Å². The predicted molar refractivity (Wildman–Crippen MR) is 92.1 cm³/mol. The van der Waals surface area contributed by atoms with Crippen LogP contribution >= 0.6 is 0 Å². The minimum atomic E-state index is 0.0661. The number of likely N-dealkylation sites (tertiary alicyclic amines) is 1. The van der Waals surface area contributed by atoms with Crippen molar-refractivity contribution in [2.75, 3.05) is 26.2 Å². The molecule has 6 heteroatoms. The van der Waals surface area contributed by atoms with Crippen molar-refractivity contribution in [1.29, 1.82) is 0 Å². The van der Waals surface area contributed by atoms with Gasteiger partial charge in [0.25, 0.3) is 5.91 Å². The molecule has 4 heterocycles. The lowest BCUT2D eigenvalue weighted by Crippen LogP contribution is -2.61. The number of furan rings is 1. The molecule has 4 rings (SSSR count). The SMILES string of the molecule is Cc1ccc(CN2CC[C@H]3OCCN(C(=O)c4ccncc4)[C@@H]3C2)o1. The van der Waals surface area contributed by atoms with Crippen molar-refractivity contribution in [3.05, 3.63) is 53.7 Å². The zero-order valence-corrected chi connectivity index (χ0v) is 14.4. The quantitative estimate of drug-likeness (QED) is 0.856. The van der Waals surface area contributed by atoms with Gasteiger partial charge in [-0.2, -0.15) is 0 Å². The third-order valence-corrected chi connectivity index (χ3v) is 5.03. The topological polar surface area (TPSA) is 58.8 Å². The number of piperidine rings is 1. The number of hydrogen-bond acceptors (Lipinski definition) is 5. The second kappa shape index (κ2) is 6.98. The fourth-order valence-corrected chi connectivity index (χ4v) is 3.78. The zero-order chi connectivity index (χ0) is 17.2. The number of rotatable bonds is 3. The summed E-state index contributed by atoms with van der Waals surface area (Å²) in [6, 6.07) is 7.65. The molecule has 0 aromatic carbocycles. The third kappa shape index (κ3) is 3.45. The number of fused-ring (bicyclic) bond motifs is 1. The molecule has 0 aliphatic carbocycles. The number of carbonyl (C=O) groups is 1. The van der Waals surface area contributed by atoms with E-state index >= 15 is 0 Å². The van der Waals surface area contributed by atoms with E-state index in [9.17, 15) is 4.79 Å². The molecule has 2 aliphatic heterocycles. The first-order valence-electron chi connectivity index (χ1n) is 8.81. The summed E-state index contributed by atoms with van der Waals surface area (Å²) < 4.78 is 11.6. The van der Waals surface area contributed by atoms with Gasteiger partial charge in [-0.1, -0.05) is 0 Å². The Morgan fingerprint density at radius 3 is 2.84 bits per heavy atom. The highest BCUT2D eigenvalue weighted by atomic mass is 16.5. The van der Waals surface area contributed by atoms with Crippen LogP contribution in [0.2, 0.25) is 0 Å². The van der Waals surface area contributed by atoms with Gasteiger partial charge in [-0.3, -0.25) is 14.7 Å². The molecule has 6 nitrogen and oxygen atoms in total. The van der Waals surface area contributed by atoms with Gasteiger partial charge in [0.2, 0.25) is 0 Å². The fraction of sp³-hybridized carbons (Fsp3) is 0.474. The van der Waals surface area contributed by atoms with Gasteiger partial charge >= 0.3 is 0 Å². The summed E-state index contributed by atoms with van der Waals surface area (Å²) in [6.07, 6.45) is 4.38. The minimum absolute atomic E-state index is 0.0661. The minimum Gasteiger partial charge on any atom is -0.465 e. The standard InChI is InChI=1S/C19H23N3O3/c1-14-2-3-16(25-14)12-21-9-6-18-17(13-21)22(10-11-24-18)19(23)15-4-7-20-8-5-15/h2-5,7-8,17-18H,6,9-13H2,1H3/t17-,18-/m1/s1. The predicted octanol–water partition coefficient (Wildman–Crippen LogP) is 2.10. The molecule has 25 heavy (non-hydrogen) atoms. The Labute approximate surface area is 147 Å². The lowest BCUT2D eigenvalue weighted by Gasteiger charge is -2.47. The summed E-state index contributed by atoms with van der Waals surface area (Å²) in [5.74, 6) is 1.97. The van der Waals surface area contributed by atoms with Gasteiger partial charge in [-0.25, -0.2) is 0 Å². The number of aryl methyl sites for hydroxylation is 1. The number of morpholine rings is 1. The van der Waals surface area contributed by atoms with E-state index in [1.54, 1.807) is 24.5 Å². The summed E-state index contributed by atoms with van der Waals surface area (Å²) >= 11 is 0. The highest BCUT2D eigenvalue weighted by Gasteiger charge is 2.39. The first-order chi connectivity index (χ1) is 12.2. The van der Waals surface area contributed by atoms with Crippen LogP contribution in [0.4, 0.5) is 0 Å². The average Bonchev–Trinajstić information content (AvgIpc) is 3.06. The Balaban J connectivity index is 1.48. The normalized spacial score (nSPS) is 24.1. The third-order valence-electron chi connectivity index (χ3n) is 5.03. The van der Waals surface area contributed by atoms with E-state index in [0.29, 0.717) is 18.7 Å². The highest BCUT2D eigenvalue weighted by molar-refractivity contribution is 5.94. The molecule has 0 spiro atoms. The highest BCUT2D eigenvalue weighted by Crippen LogP contribution is 2.26. The van der Waals surface area contributed by atoms with Crippen LogP contribution in [0.15, 0.2) is 41.1 Å². The van der Waals surface area contributed by atoms with Crippen LogP contribution in [0.3, 0.4) is 0 Å². The van der Waals surface area contributed by atoms with E-state index in [-0.39, 0.29) is 18.1 Å². The van der Waals surface area contributed by atoms with Gasteiger partial charge in [-0.05, 0) is 37.6 Å². The summed E-state index contributed by atoms with van der Waals surface area (Å²) in [5, 5.41) is 0. The molecule has 0 N–H and O–H groups in total. The lowest BCUT2D eigenvalue weighted by atomic mass is 9.97. The van der Waals surface area contributed by atoms with Crippen LogP contribution in [0.25, 0.3) is 0 Å². The van der Waals surface area contributed by atoms with Crippen LogP contribution < -0.4 is 0 Å². The Kier molecular flexibility index (Phi) is 4.55. The second-order valence-corrected chi connectivity index (χ2v) is 6.75. The molecule has 2 aromatic rings. The number of aromatic nitrogens is 1. The number of nitrogens with zero attached hydrogens (tertiary/aromatic N) is 3. The van der Waals surface area contributed by atoms with E-state index in [2.05, 4.69) is 9.88 Å². The van der Waals surface area contributed by atoms with Gasteiger partial charge in [0.15, 0.2) is 0 Å². The number of hydrogen-bond donors (Lipinski definition) is 0. The Morgan fingerprint density at radius 1 is 1.24 bits per heavy atom. The Morgan fingerprint density at radius 2 is 2.08 bits per heavy atom. The second-order valence-electron chi connectivity index (χ2n) is 6.75. The molecule has 2 atom stereocenters. The van der Waals surface area contributed by atoms with E-state index in [0.717, 1.165) is 37.6 Å². The van der Waals surface area contributed by atoms with Crippen LogP contribution in [0, 0.1) is 6.92 Å². The molecule has 0 radical (unpaired) electrons. The van der Waals surface area contributed by atoms with Crippen molar-refractivity contribution < 1.29 is 13.9 Å².